The quantitative estimate of drug-likeness (QED) is 0.577. The van der Waals surface area contributed by atoms with E-state index in [0.717, 1.165) is 11.4 Å². The summed E-state index contributed by atoms with van der Waals surface area (Å²) in [4.78, 5) is 8.00. The van der Waals surface area contributed by atoms with E-state index in [4.69, 9.17) is 0 Å². The van der Waals surface area contributed by atoms with Gasteiger partial charge in [-0.05, 0) is 12.1 Å². The lowest BCUT2D eigenvalue weighted by molar-refractivity contribution is 1.25. The summed E-state index contributed by atoms with van der Waals surface area (Å²) >= 11 is 0. The van der Waals surface area contributed by atoms with Gasteiger partial charge in [-0.25, -0.2) is 10.3 Å². The molecule has 0 saturated carbocycles. The van der Waals surface area contributed by atoms with Crippen molar-refractivity contribution < 1.29 is 0 Å². The Labute approximate surface area is 64.5 Å². The molecule has 3 heteroatoms. The van der Waals surface area contributed by atoms with Gasteiger partial charge in [0.25, 0.3) is 0 Å². The molecule has 3 nitrogen and oxygen atoms in total. The maximum atomic E-state index is 4.04. The normalized spacial score (nSPS) is 14.4. The zero-order chi connectivity index (χ0) is 7.52. The third-order valence-corrected chi connectivity index (χ3v) is 1.38. The minimum atomic E-state index is 0.734. The average Bonchev–Trinajstić information content (AvgIpc) is 2.58. The molecule has 2 rings (SSSR count). The van der Waals surface area contributed by atoms with Crippen LogP contribution in [-0.2, 0) is 0 Å². The summed E-state index contributed by atoms with van der Waals surface area (Å²) in [5.74, 6) is 0.734. The van der Waals surface area contributed by atoms with Crippen LogP contribution in [0.1, 0.15) is 5.56 Å². The van der Waals surface area contributed by atoms with Gasteiger partial charge in [-0.3, -0.25) is 4.98 Å². The van der Waals surface area contributed by atoms with Crippen LogP contribution in [0.15, 0.2) is 41.9 Å². The van der Waals surface area contributed by atoms with E-state index >= 15 is 0 Å². The molecule has 0 aromatic carbocycles. The van der Waals surface area contributed by atoms with Gasteiger partial charge >= 0.3 is 0 Å². The number of pyridine rings is 1. The Balaban J connectivity index is 2.31. The topological polar surface area (TPSA) is 39.4 Å². The fourth-order valence-electron chi connectivity index (χ4n) is 0.885. The van der Waals surface area contributed by atoms with Crippen LogP contribution in [0.4, 0.5) is 0 Å². The number of hydrogen-bond acceptors (Lipinski definition) is 2. The van der Waals surface area contributed by atoms with E-state index in [1.54, 1.807) is 24.8 Å². The molecule has 1 radical (unpaired) electrons. The van der Waals surface area contributed by atoms with Crippen molar-refractivity contribution in [1.29, 1.82) is 0 Å². The largest absolute Gasteiger partial charge is 0.264 e. The van der Waals surface area contributed by atoms with Crippen LogP contribution >= 0.6 is 0 Å². The van der Waals surface area contributed by atoms with E-state index in [1.165, 1.54) is 0 Å². The molecular weight excluding hydrogens is 138 g/mol. The number of hydrogen-bond donors (Lipinski definition) is 0. The summed E-state index contributed by atoms with van der Waals surface area (Å²) in [6.07, 6.45) is 6.81. The van der Waals surface area contributed by atoms with Crippen molar-refractivity contribution in [2.45, 2.75) is 0 Å². The SMILES string of the molecule is C1=CN=C(c2cccnc2)[N]1. The first kappa shape index (κ1) is 6.09. The molecule has 1 aromatic rings. The molecular formula is C8H6N3. The molecule has 0 aliphatic carbocycles. The monoisotopic (exact) mass is 144 g/mol. The molecule has 0 fully saturated rings. The zero-order valence-electron chi connectivity index (χ0n) is 5.81. The highest BCUT2D eigenvalue weighted by Gasteiger charge is 2.04. The van der Waals surface area contributed by atoms with Crippen LogP contribution in [0.3, 0.4) is 0 Å². The number of aromatic nitrogens is 1. The number of nitrogens with zero attached hydrogens (tertiary/aromatic N) is 3. The van der Waals surface area contributed by atoms with E-state index in [0.29, 0.717) is 0 Å². The number of aliphatic imine (C=N–C) groups is 1. The standard InChI is InChI=1S/C8H6N3/c1-2-7(6-9-3-1)8-10-4-5-11-8/h1-6H. The van der Waals surface area contributed by atoms with Gasteiger partial charge in [0.2, 0.25) is 0 Å². The van der Waals surface area contributed by atoms with Gasteiger partial charge in [-0.1, -0.05) is 0 Å². The Morgan fingerprint density at radius 3 is 2.82 bits per heavy atom. The molecule has 2 heterocycles. The minimum absolute atomic E-state index is 0.734. The zero-order valence-corrected chi connectivity index (χ0v) is 5.81. The fourth-order valence-corrected chi connectivity index (χ4v) is 0.885. The molecule has 53 valence electrons. The van der Waals surface area contributed by atoms with E-state index in [9.17, 15) is 0 Å². The molecule has 1 aliphatic heterocycles. The lowest BCUT2D eigenvalue weighted by Gasteiger charge is -1.95. The number of rotatable bonds is 1. The highest BCUT2D eigenvalue weighted by Crippen LogP contribution is 2.01. The van der Waals surface area contributed by atoms with Crippen LogP contribution in [0.25, 0.3) is 0 Å². The molecule has 0 amide bonds. The van der Waals surface area contributed by atoms with E-state index in [2.05, 4.69) is 15.3 Å². The van der Waals surface area contributed by atoms with Crippen molar-refractivity contribution in [2.75, 3.05) is 0 Å². The van der Waals surface area contributed by atoms with Crippen LogP contribution in [0, 0.1) is 0 Å². The summed E-state index contributed by atoms with van der Waals surface area (Å²) in [6.45, 7) is 0. The first-order valence-electron chi connectivity index (χ1n) is 3.31. The summed E-state index contributed by atoms with van der Waals surface area (Å²) in [7, 11) is 0. The van der Waals surface area contributed by atoms with Crippen molar-refractivity contribution >= 4 is 5.84 Å². The van der Waals surface area contributed by atoms with Crippen LogP contribution in [0.2, 0.25) is 0 Å². The van der Waals surface area contributed by atoms with Crippen LogP contribution in [0.5, 0.6) is 0 Å². The maximum absolute atomic E-state index is 4.04. The maximum Gasteiger partial charge on any atom is 0.160 e. The Hall–Kier alpha value is -1.64. The molecule has 0 spiro atoms. The second kappa shape index (κ2) is 2.54. The lowest BCUT2D eigenvalue weighted by atomic mass is 10.3. The molecule has 0 bridgehead atoms. The van der Waals surface area contributed by atoms with E-state index in [-0.39, 0.29) is 0 Å². The highest BCUT2D eigenvalue weighted by molar-refractivity contribution is 6.00. The Morgan fingerprint density at radius 2 is 2.18 bits per heavy atom. The first-order valence-corrected chi connectivity index (χ1v) is 3.31. The second-order valence-electron chi connectivity index (χ2n) is 2.12. The molecule has 11 heavy (non-hydrogen) atoms. The smallest absolute Gasteiger partial charge is 0.160 e. The van der Waals surface area contributed by atoms with Crippen molar-refractivity contribution in [2.24, 2.45) is 4.99 Å². The summed E-state index contributed by atoms with van der Waals surface area (Å²) < 4.78 is 0. The highest BCUT2D eigenvalue weighted by atomic mass is 15.0. The van der Waals surface area contributed by atoms with Gasteiger partial charge in [0.1, 0.15) is 0 Å². The fraction of sp³-hybridized carbons (Fsp3) is 0. The van der Waals surface area contributed by atoms with Crippen LogP contribution in [-0.4, -0.2) is 10.8 Å². The Bertz CT molecular complexity index is 300. The van der Waals surface area contributed by atoms with Gasteiger partial charge in [-0.2, -0.15) is 0 Å². The third kappa shape index (κ3) is 1.12. The van der Waals surface area contributed by atoms with E-state index in [1.807, 2.05) is 12.1 Å². The van der Waals surface area contributed by atoms with Crippen LogP contribution < -0.4 is 5.32 Å². The number of amidine groups is 1. The van der Waals surface area contributed by atoms with Crippen molar-refractivity contribution in [3.63, 3.8) is 0 Å². The Morgan fingerprint density at radius 1 is 1.18 bits per heavy atom. The summed E-state index contributed by atoms with van der Waals surface area (Å²) in [6, 6.07) is 3.80. The Kier molecular flexibility index (Phi) is 1.41. The molecule has 1 aromatic heterocycles. The predicted molar refractivity (Wildman–Crippen MR) is 42.0 cm³/mol. The molecule has 0 saturated heterocycles. The molecule has 0 N–H and O–H groups in total. The second-order valence-corrected chi connectivity index (χ2v) is 2.12. The van der Waals surface area contributed by atoms with Gasteiger partial charge < -0.3 is 0 Å². The third-order valence-electron chi connectivity index (χ3n) is 1.38. The first-order chi connectivity index (χ1) is 5.47. The molecule has 0 unspecified atom stereocenters. The minimum Gasteiger partial charge on any atom is -0.264 e. The molecule has 1 aliphatic rings. The van der Waals surface area contributed by atoms with E-state index < -0.39 is 0 Å². The lowest BCUT2D eigenvalue weighted by Crippen LogP contribution is -2.07. The van der Waals surface area contributed by atoms with Gasteiger partial charge in [0.05, 0.1) is 0 Å². The van der Waals surface area contributed by atoms with Gasteiger partial charge in [0.15, 0.2) is 5.84 Å². The average molecular weight is 144 g/mol. The van der Waals surface area contributed by atoms with Crippen molar-refractivity contribution in [3.8, 4) is 0 Å². The van der Waals surface area contributed by atoms with Gasteiger partial charge in [0, 0.05) is 30.4 Å². The predicted octanol–water partition coefficient (Wildman–Crippen LogP) is 0.917. The molecule has 0 atom stereocenters. The van der Waals surface area contributed by atoms with Crippen molar-refractivity contribution in [3.05, 3.63) is 42.5 Å². The summed E-state index contributed by atoms with van der Waals surface area (Å²) in [5, 5.41) is 4.04. The summed E-state index contributed by atoms with van der Waals surface area (Å²) in [5.41, 5.74) is 0.956. The van der Waals surface area contributed by atoms with Gasteiger partial charge in [-0.15, -0.1) is 0 Å². The van der Waals surface area contributed by atoms with Crippen molar-refractivity contribution in [1.82, 2.24) is 10.3 Å².